The van der Waals surface area contributed by atoms with E-state index in [0.717, 1.165) is 12.8 Å². The summed E-state index contributed by atoms with van der Waals surface area (Å²) < 4.78 is 5.31. The highest BCUT2D eigenvalue weighted by molar-refractivity contribution is 5.92. The number of esters is 1. The van der Waals surface area contributed by atoms with E-state index in [0.29, 0.717) is 25.0 Å². The van der Waals surface area contributed by atoms with Crippen LogP contribution in [0.2, 0.25) is 0 Å². The molecule has 3 nitrogen and oxygen atoms in total. The van der Waals surface area contributed by atoms with Crippen molar-refractivity contribution in [3.05, 3.63) is 11.8 Å². The molecule has 19 heavy (non-hydrogen) atoms. The van der Waals surface area contributed by atoms with Gasteiger partial charge in [0, 0.05) is 25.3 Å². The predicted octanol–water partition coefficient (Wildman–Crippen LogP) is 4.16. The van der Waals surface area contributed by atoms with E-state index >= 15 is 0 Å². The molecule has 1 aliphatic carbocycles. The first-order chi connectivity index (χ1) is 8.93. The third-order valence-corrected chi connectivity index (χ3v) is 3.36. The molecule has 0 unspecified atom stereocenters. The van der Waals surface area contributed by atoms with E-state index in [2.05, 4.69) is 6.92 Å². The molecule has 0 N–H and O–H groups in total. The summed E-state index contributed by atoms with van der Waals surface area (Å²) in [5, 5.41) is 0. The van der Waals surface area contributed by atoms with Crippen molar-refractivity contribution in [3.8, 4) is 0 Å². The molecule has 0 aliphatic heterocycles. The molecule has 0 fully saturated rings. The van der Waals surface area contributed by atoms with Gasteiger partial charge in [0.1, 0.15) is 5.76 Å². The lowest BCUT2D eigenvalue weighted by Gasteiger charge is -2.27. The largest absolute Gasteiger partial charge is 0.431 e. The quantitative estimate of drug-likeness (QED) is 0.513. The Labute approximate surface area is 116 Å². The maximum Gasteiger partial charge on any atom is 0.310 e. The zero-order valence-corrected chi connectivity index (χ0v) is 12.5. The molecule has 0 aromatic rings. The Bertz CT molecular complexity index is 353. The zero-order valence-electron chi connectivity index (χ0n) is 12.5. The summed E-state index contributed by atoms with van der Waals surface area (Å²) in [6, 6.07) is 0. The zero-order chi connectivity index (χ0) is 14.3. The lowest BCUT2D eigenvalue weighted by atomic mass is 9.79. The first-order valence-corrected chi connectivity index (χ1v) is 7.37. The maximum atomic E-state index is 11.7. The molecule has 108 valence electrons. The summed E-state index contributed by atoms with van der Waals surface area (Å²) in [6.45, 7) is 6.22. The normalized spacial score (nSPS) is 18.1. The van der Waals surface area contributed by atoms with Gasteiger partial charge in [0.25, 0.3) is 0 Å². The highest BCUT2D eigenvalue weighted by Crippen LogP contribution is 2.34. The number of ether oxygens (including phenoxy) is 1. The average molecular weight is 266 g/mol. The molecule has 0 heterocycles. The molecule has 0 atom stereocenters. The van der Waals surface area contributed by atoms with Gasteiger partial charge in [0.05, 0.1) is 0 Å². The van der Waals surface area contributed by atoms with Gasteiger partial charge >= 0.3 is 5.97 Å². The predicted molar refractivity (Wildman–Crippen MR) is 75.6 cm³/mol. The Kier molecular flexibility index (Phi) is 6.26. The first-order valence-electron chi connectivity index (χ1n) is 7.37. The molecular weight excluding hydrogens is 240 g/mol. The van der Waals surface area contributed by atoms with Crippen molar-refractivity contribution < 1.29 is 14.3 Å². The summed E-state index contributed by atoms with van der Waals surface area (Å²) in [5.41, 5.74) is -0.0947. The van der Waals surface area contributed by atoms with Crippen LogP contribution in [-0.4, -0.2) is 11.8 Å². The molecule has 0 aromatic heterocycles. The van der Waals surface area contributed by atoms with Crippen molar-refractivity contribution in [3.63, 3.8) is 0 Å². The minimum atomic E-state index is -0.201. The summed E-state index contributed by atoms with van der Waals surface area (Å²) in [7, 11) is 0. The fourth-order valence-electron chi connectivity index (χ4n) is 2.42. The van der Waals surface area contributed by atoms with Crippen LogP contribution in [0.1, 0.15) is 72.1 Å². The Morgan fingerprint density at radius 1 is 1.21 bits per heavy atom. The van der Waals surface area contributed by atoms with Crippen LogP contribution in [0.3, 0.4) is 0 Å². The van der Waals surface area contributed by atoms with Gasteiger partial charge in [-0.25, -0.2) is 0 Å². The van der Waals surface area contributed by atoms with Crippen molar-refractivity contribution in [1.29, 1.82) is 0 Å². The SMILES string of the molecule is CCCCCCCC(=O)OC1=CC(=O)CC(C)(C)C1. The van der Waals surface area contributed by atoms with Gasteiger partial charge in [-0.05, 0) is 11.8 Å². The molecule has 3 heteroatoms. The van der Waals surface area contributed by atoms with E-state index in [9.17, 15) is 9.59 Å². The van der Waals surface area contributed by atoms with Crippen molar-refractivity contribution >= 4 is 11.8 Å². The molecule has 0 bridgehead atoms. The number of allylic oxidation sites excluding steroid dienone is 2. The summed E-state index contributed by atoms with van der Waals surface area (Å²) in [6.07, 6.45) is 8.70. The maximum absolute atomic E-state index is 11.7. The molecule has 0 saturated carbocycles. The highest BCUT2D eigenvalue weighted by Gasteiger charge is 2.29. The van der Waals surface area contributed by atoms with Crippen LogP contribution in [0, 0.1) is 5.41 Å². The van der Waals surface area contributed by atoms with E-state index in [1.807, 2.05) is 13.8 Å². The Morgan fingerprint density at radius 3 is 2.53 bits per heavy atom. The third kappa shape index (κ3) is 6.55. The van der Waals surface area contributed by atoms with Crippen molar-refractivity contribution in [2.24, 2.45) is 5.41 Å². The standard InChI is InChI=1S/C16H26O3/c1-4-5-6-7-8-9-15(18)19-14-10-13(17)11-16(2,3)12-14/h10H,4-9,11-12H2,1-3H3. The molecule has 0 radical (unpaired) electrons. The molecular formula is C16H26O3. The van der Waals surface area contributed by atoms with Crippen molar-refractivity contribution in [2.45, 2.75) is 72.1 Å². The van der Waals surface area contributed by atoms with E-state index in [4.69, 9.17) is 4.74 Å². The van der Waals surface area contributed by atoms with Crippen LogP contribution >= 0.6 is 0 Å². The van der Waals surface area contributed by atoms with Crippen LogP contribution in [-0.2, 0) is 14.3 Å². The minimum absolute atomic E-state index is 0.0574. The molecule has 0 saturated heterocycles. The molecule has 0 amide bonds. The minimum Gasteiger partial charge on any atom is -0.431 e. The van der Waals surface area contributed by atoms with Gasteiger partial charge in [-0.15, -0.1) is 0 Å². The number of ketones is 1. The second kappa shape index (κ2) is 7.46. The van der Waals surface area contributed by atoms with E-state index in [1.54, 1.807) is 0 Å². The number of rotatable bonds is 7. The van der Waals surface area contributed by atoms with Crippen LogP contribution < -0.4 is 0 Å². The number of hydrogen-bond acceptors (Lipinski definition) is 3. The van der Waals surface area contributed by atoms with E-state index < -0.39 is 0 Å². The van der Waals surface area contributed by atoms with Gasteiger partial charge in [0.2, 0.25) is 0 Å². The third-order valence-electron chi connectivity index (χ3n) is 3.36. The van der Waals surface area contributed by atoms with Crippen LogP contribution in [0.25, 0.3) is 0 Å². The van der Waals surface area contributed by atoms with Gasteiger partial charge in [0.15, 0.2) is 5.78 Å². The Balaban J connectivity index is 2.30. The van der Waals surface area contributed by atoms with Crippen molar-refractivity contribution in [2.75, 3.05) is 0 Å². The number of carbonyl (C=O) groups is 2. The molecule has 1 aliphatic rings. The number of hydrogen-bond donors (Lipinski definition) is 0. The summed E-state index contributed by atoms with van der Waals surface area (Å²) in [5.74, 6) is 0.398. The first kappa shape index (κ1) is 15.9. The lowest BCUT2D eigenvalue weighted by Crippen LogP contribution is -2.23. The average Bonchev–Trinajstić information content (AvgIpc) is 2.25. The van der Waals surface area contributed by atoms with Gasteiger partial charge in [-0.3, -0.25) is 9.59 Å². The summed E-state index contributed by atoms with van der Waals surface area (Å²) in [4.78, 5) is 23.2. The number of carbonyl (C=O) groups excluding carboxylic acids is 2. The van der Waals surface area contributed by atoms with Gasteiger partial charge in [-0.1, -0.05) is 46.5 Å². The van der Waals surface area contributed by atoms with Crippen molar-refractivity contribution in [1.82, 2.24) is 0 Å². The topological polar surface area (TPSA) is 43.4 Å². The molecule has 1 rings (SSSR count). The fraction of sp³-hybridized carbons (Fsp3) is 0.750. The fourth-order valence-corrected chi connectivity index (χ4v) is 2.42. The Hall–Kier alpha value is -1.12. The highest BCUT2D eigenvalue weighted by atomic mass is 16.5. The smallest absolute Gasteiger partial charge is 0.310 e. The van der Waals surface area contributed by atoms with E-state index in [1.165, 1.54) is 25.3 Å². The molecule has 0 spiro atoms. The monoisotopic (exact) mass is 266 g/mol. The second-order valence-corrected chi connectivity index (χ2v) is 6.23. The van der Waals surface area contributed by atoms with Crippen LogP contribution in [0.15, 0.2) is 11.8 Å². The second-order valence-electron chi connectivity index (χ2n) is 6.23. The number of unbranched alkanes of at least 4 members (excludes halogenated alkanes) is 4. The summed E-state index contributed by atoms with van der Waals surface area (Å²) >= 11 is 0. The van der Waals surface area contributed by atoms with Gasteiger partial charge < -0.3 is 4.74 Å². The Morgan fingerprint density at radius 2 is 1.89 bits per heavy atom. The van der Waals surface area contributed by atoms with E-state index in [-0.39, 0.29) is 17.2 Å². The van der Waals surface area contributed by atoms with Gasteiger partial charge in [-0.2, -0.15) is 0 Å². The van der Waals surface area contributed by atoms with Crippen LogP contribution in [0.4, 0.5) is 0 Å². The molecule has 0 aromatic carbocycles. The van der Waals surface area contributed by atoms with Crippen LogP contribution in [0.5, 0.6) is 0 Å². The lowest BCUT2D eigenvalue weighted by molar-refractivity contribution is -0.140.